The van der Waals surface area contributed by atoms with Gasteiger partial charge in [-0.3, -0.25) is 14.5 Å². The van der Waals surface area contributed by atoms with Crippen LogP contribution in [-0.2, 0) is 11.3 Å². The Bertz CT molecular complexity index is 899. The molecule has 0 aliphatic carbocycles. The van der Waals surface area contributed by atoms with Gasteiger partial charge in [0.1, 0.15) is 11.6 Å². The number of halogens is 3. The molecule has 4 nitrogen and oxygen atoms in total. The Morgan fingerprint density at radius 2 is 2.00 bits per heavy atom. The van der Waals surface area contributed by atoms with Gasteiger partial charge in [-0.25, -0.2) is 4.39 Å². The first kappa shape index (κ1) is 18.0. The van der Waals surface area contributed by atoms with Crippen molar-refractivity contribution >= 4 is 56.5 Å². The highest BCUT2D eigenvalue weighted by atomic mass is 79.9. The fourth-order valence-corrected chi connectivity index (χ4v) is 3.76. The molecule has 0 radical (unpaired) electrons. The van der Waals surface area contributed by atoms with E-state index in [0.29, 0.717) is 15.6 Å². The topological polar surface area (TPSA) is 57.6 Å². The van der Waals surface area contributed by atoms with Crippen LogP contribution in [0.5, 0.6) is 5.75 Å². The lowest BCUT2D eigenvalue weighted by molar-refractivity contribution is -0.123. The van der Waals surface area contributed by atoms with Gasteiger partial charge in [-0.05, 0) is 75.2 Å². The van der Waals surface area contributed by atoms with E-state index in [1.165, 1.54) is 18.2 Å². The first-order valence-corrected chi connectivity index (χ1v) is 9.01. The Kier molecular flexibility index (Phi) is 5.17. The van der Waals surface area contributed by atoms with E-state index < -0.39 is 17.0 Å². The van der Waals surface area contributed by atoms with E-state index in [9.17, 15) is 19.1 Å². The summed E-state index contributed by atoms with van der Waals surface area (Å²) >= 11 is 9.81. The maximum absolute atomic E-state index is 13.4. The number of benzene rings is 2. The number of thioether (sulfide) groups is 1. The molecule has 0 aromatic heterocycles. The van der Waals surface area contributed by atoms with Crippen molar-refractivity contribution in [2.75, 3.05) is 0 Å². The molecule has 0 spiro atoms. The molecule has 1 aliphatic heterocycles. The molecule has 3 rings (SSSR count). The molecule has 0 bridgehead atoms. The van der Waals surface area contributed by atoms with Crippen molar-refractivity contribution in [3.05, 3.63) is 67.7 Å². The molecule has 2 aromatic rings. The number of rotatable bonds is 3. The fraction of sp³-hybridized carbons (Fsp3) is 0.0588. The summed E-state index contributed by atoms with van der Waals surface area (Å²) in [5, 5.41) is 9.27. The lowest BCUT2D eigenvalue weighted by Crippen LogP contribution is -2.27. The second-order valence-corrected chi connectivity index (χ2v) is 7.54. The monoisotopic (exact) mass is 441 g/mol. The molecule has 1 aliphatic rings. The van der Waals surface area contributed by atoms with Crippen LogP contribution in [0.4, 0.5) is 9.18 Å². The number of nitrogens with zero attached hydrogens (tertiary/aromatic N) is 1. The second-order valence-electron chi connectivity index (χ2n) is 5.26. The van der Waals surface area contributed by atoms with Crippen LogP contribution in [0.25, 0.3) is 6.08 Å². The highest BCUT2D eigenvalue weighted by Crippen LogP contribution is 2.34. The van der Waals surface area contributed by atoms with Gasteiger partial charge in [0.05, 0.1) is 15.9 Å². The van der Waals surface area contributed by atoms with Gasteiger partial charge < -0.3 is 5.11 Å². The molecule has 1 N–H and O–H groups in total. The first-order chi connectivity index (χ1) is 11.8. The fourth-order valence-electron chi connectivity index (χ4n) is 2.29. The predicted octanol–water partition coefficient (Wildman–Crippen LogP) is 5.18. The minimum absolute atomic E-state index is 0.0568. The molecule has 8 heteroatoms. The van der Waals surface area contributed by atoms with Crippen LogP contribution in [0.15, 0.2) is 45.8 Å². The van der Waals surface area contributed by atoms with Gasteiger partial charge >= 0.3 is 0 Å². The van der Waals surface area contributed by atoms with Crippen LogP contribution in [0.3, 0.4) is 0 Å². The summed E-state index contributed by atoms with van der Waals surface area (Å²) in [6, 6.07) is 8.64. The van der Waals surface area contributed by atoms with Crippen LogP contribution < -0.4 is 0 Å². The van der Waals surface area contributed by atoms with Crippen LogP contribution >= 0.6 is 39.3 Å². The van der Waals surface area contributed by atoms with Crippen LogP contribution in [0, 0.1) is 5.82 Å². The summed E-state index contributed by atoms with van der Waals surface area (Å²) in [6.45, 7) is -0.0568. The van der Waals surface area contributed by atoms with Gasteiger partial charge in [0.2, 0.25) is 0 Å². The smallest absolute Gasteiger partial charge is 0.293 e. The molecule has 1 saturated heterocycles. The van der Waals surface area contributed by atoms with Crippen molar-refractivity contribution < 1.29 is 19.1 Å². The Morgan fingerprint density at radius 3 is 2.68 bits per heavy atom. The van der Waals surface area contributed by atoms with E-state index >= 15 is 0 Å². The van der Waals surface area contributed by atoms with Gasteiger partial charge in [-0.15, -0.1) is 0 Å². The standard InChI is InChI=1S/C17H10BrClFNO3S/c18-13-5-9(1-2-14(13)22)6-15-16(23)21(17(24)25-15)8-10-3-11(19)7-12(20)4-10/h1-7,22H,8H2/b15-6-. The van der Waals surface area contributed by atoms with Gasteiger partial charge in [-0.2, -0.15) is 0 Å². The number of phenolic OH excluding ortho intramolecular Hbond substituents is 1. The lowest BCUT2D eigenvalue weighted by Gasteiger charge is -2.12. The number of aromatic hydroxyl groups is 1. The third-order valence-corrected chi connectivity index (χ3v) is 5.17. The molecule has 1 heterocycles. The van der Waals surface area contributed by atoms with E-state index in [-0.39, 0.29) is 22.2 Å². The second kappa shape index (κ2) is 7.19. The number of carbonyl (C=O) groups excluding carboxylic acids is 2. The number of carbonyl (C=O) groups is 2. The third kappa shape index (κ3) is 4.05. The Labute approximate surface area is 160 Å². The van der Waals surface area contributed by atoms with E-state index in [1.54, 1.807) is 18.2 Å². The minimum Gasteiger partial charge on any atom is -0.507 e. The van der Waals surface area contributed by atoms with Crippen LogP contribution in [0.1, 0.15) is 11.1 Å². The van der Waals surface area contributed by atoms with Gasteiger partial charge in [0.25, 0.3) is 11.1 Å². The lowest BCUT2D eigenvalue weighted by atomic mass is 10.2. The number of hydrogen-bond acceptors (Lipinski definition) is 4. The van der Waals surface area contributed by atoms with E-state index in [4.69, 9.17) is 11.6 Å². The highest BCUT2D eigenvalue weighted by Gasteiger charge is 2.35. The summed E-state index contributed by atoms with van der Waals surface area (Å²) in [7, 11) is 0. The molecule has 2 aromatic carbocycles. The van der Waals surface area contributed by atoms with Crippen molar-refractivity contribution in [3.8, 4) is 5.75 Å². The molecule has 25 heavy (non-hydrogen) atoms. The third-order valence-electron chi connectivity index (χ3n) is 3.41. The summed E-state index contributed by atoms with van der Waals surface area (Å²) in [5.41, 5.74) is 1.09. The Hall–Kier alpha value is -1.83. The normalized spacial score (nSPS) is 16.1. The predicted molar refractivity (Wildman–Crippen MR) is 98.7 cm³/mol. The van der Waals surface area contributed by atoms with Crippen molar-refractivity contribution in [3.63, 3.8) is 0 Å². The van der Waals surface area contributed by atoms with E-state index in [2.05, 4.69) is 15.9 Å². The zero-order valence-electron chi connectivity index (χ0n) is 12.5. The SMILES string of the molecule is O=C1S/C(=C\c2ccc(O)c(Br)c2)C(=O)N1Cc1cc(F)cc(Cl)c1. The van der Waals surface area contributed by atoms with Crippen molar-refractivity contribution in [2.45, 2.75) is 6.54 Å². The molecule has 0 unspecified atom stereocenters. The van der Waals surface area contributed by atoms with Crippen molar-refractivity contribution in [1.82, 2.24) is 4.90 Å². The Morgan fingerprint density at radius 1 is 1.24 bits per heavy atom. The van der Waals surface area contributed by atoms with Crippen LogP contribution in [0.2, 0.25) is 5.02 Å². The average Bonchev–Trinajstić information content (AvgIpc) is 2.78. The van der Waals surface area contributed by atoms with E-state index in [0.717, 1.165) is 22.7 Å². The van der Waals surface area contributed by atoms with Gasteiger partial charge in [-0.1, -0.05) is 17.7 Å². The zero-order valence-corrected chi connectivity index (χ0v) is 15.7. The number of phenols is 1. The number of hydrogen-bond donors (Lipinski definition) is 1. The van der Waals surface area contributed by atoms with Gasteiger partial charge in [0, 0.05) is 5.02 Å². The Balaban J connectivity index is 1.84. The minimum atomic E-state index is -0.529. The molecule has 0 atom stereocenters. The largest absolute Gasteiger partial charge is 0.507 e. The zero-order chi connectivity index (χ0) is 18.1. The van der Waals surface area contributed by atoms with Crippen molar-refractivity contribution in [1.29, 1.82) is 0 Å². The highest BCUT2D eigenvalue weighted by molar-refractivity contribution is 9.10. The first-order valence-electron chi connectivity index (χ1n) is 7.02. The summed E-state index contributed by atoms with van der Waals surface area (Å²) in [6.07, 6.45) is 1.56. The molecule has 128 valence electrons. The molecule has 1 fully saturated rings. The molecular weight excluding hydrogens is 433 g/mol. The number of amides is 2. The van der Waals surface area contributed by atoms with Crippen molar-refractivity contribution in [2.24, 2.45) is 0 Å². The molecule has 2 amide bonds. The molecular formula is C17H10BrClFNO3S. The maximum atomic E-state index is 13.4. The van der Waals surface area contributed by atoms with Crippen LogP contribution in [-0.4, -0.2) is 21.2 Å². The quantitative estimate of drug-likeness (QED) is 0.665. The van der Waals surface area contributed by atoms with E-state index in [1.807, 2.05) is 0 Å². The average molecular weight is 443 g/mol. The summed E-state index contributed by atoms with van der Waals surface area (Å²) in [5.74, 6) is -0.910. The molecule has 0 saturated carbocycles. The number of imide groups is 1. The summed E-state index contributed by atoms with van der Waals surface area (Å²) < 4.78 is 13.9. The maximum Gasteiger partial charge on any atom is 0.293 e. The summed E-state index contributed by atoms with van der Waals surface area (Å²) in [4.78, 5) is 25.9. The van der Waals surface area contributed by atoms with Gasteiger partial charge in [0.15, 0.2) is 0 Å².